The number of alkyl halides is 2. The summed E-state index contributed by atoms with van der Waals surface area (Å²) in [5.74, 6) is 0. The van der Waals surface area contributed by atoms with Crippen LogP contribution in [-0.2, 0) is 51.3 Å². The van der Waals surface area contributed by atoms with E-state index in [0.29, 0.717) is 0 Å². The summed E-state index contributed by atoms with van der Waals surface area (Å²) in [4.78, 5) is 26.2. The van der Waals surface area contributed by atoms with Crippen LogP contribution >= 0.6 is 0 Å². The third-order valence-electron chi connectivity index (χ3n) is 6.49. The molecule has 0 saturated carbocycles. The number of hydrogen-bond acceptors (Lipinski definition) is 10. The number of hydrogen-bond donors (Lipinski definition) is 0. The van der Waals surface area contributed by atoms with E-state index in [2.05, 4.69) is 8.37 Å². The number of ether oxygens (including phenoxy) is 2. The first-order chi connectivity index (χ1) is 20.7. The summed E-state index contributed by atoms with van der Waals surface area (Å²) < 4.78 is 91.5. The van der Waals surface area contributed by atoms with E-state index >= 15 is 0 Å². The zero-order valence-electron chi connectivity index (χ0n) is 24.3. The molecular weight excluding hydrogens is 626 g/mol. The van der Waals surface area contributed by atoms with Gasteiger partial charge in [-0.05, 0) is 24.0 Å². The molecule has 0 spiro atoms. The van der Waals surface area contributed by atoms with Gasteiger partial charge in [-0.2, -0.15) is 16.8 Å². The number of halogens is 2. The molecule has 4 rings (SSSR count). The second-order valence-electron chi connectivity index (χ2n) is 10.3. The molecule has 44 heavy (non-hydrogen) atoms. The number of benzene rings is 2. The molecule has 0 radical (unpaired) electrons. The zero-order chi connectivity index (χ0) is 32.3. The number of amides is 2. The summed E-state index contributed by atoms with van der Waals surface area (Å²) >= 11 is 0. The Labute approximate surface area is 256 Å². The average molecular weight is 663 g/mol. The maximum atomic E-state index is 13.9. The van der Waals surface area contributed by atoms with Crippen LogP contribution in [0.5, 0.6) is 0 Å². The van der Waals surface area contributed by atoms with Gasteiger partial charge in [-0.15, -0.1) is 0 Å². The highest BCUT2D eigenvalue weighted by molar-refractivity contribution is 7.86. The van der Waals surface area contributed by atoms with Gasteiger partial charge in [-0.3, -0.25) is 8.37 Å². The summed E-state index contributed by atoms with van der Waals surface area (Å²) in [5.41, 5.74) is 1.67. The lowest BCUT2D eigenvalue weighted by Gasteiger charge is -2.33. The van der Waals surface area contributed by atoms with Gasteiger partial charge in [0.1, 0.15) is 37.8 Å². The Kier molecular flexibility index (Phi) is 12.9. The van der Waals surface area contributed by atoms with Crippen molar-refractivity contribution in [2.75, 3.05) is 38.7 Å². The van der Waals surface area contributed by atoms with E-state index < -0.39 is 57.0 Å². The number of rotatable bonds is 8. The van der Waals surface area contributed by atoms with Crippen LogP contribution in [0.2, 0.25) is 0 Å². The molecular formula is C28H36F2N2O10S2. The molecule has 2 fully saturated rings. The Bertz CT molecular complexity index is 1320. The Balaban J connectivity index is 0.000000240. The van der Waals surface area contributed by atoms with Crippen LogP contribution in [0.15, 0.2) is 60.7 Å². The normalized spacial score (nSPS) is 22.4. The number of piperidine rings is 2. The quantitative estimate of drug-likeness (QED) is 0.386. The minimum Gasteiger partial charge on any atom is -0.445 e. The van der Waals surface area contributed by atoms with Crippen molar-refractivity contribution in [3.05, 3.63) is 71.8 Å². The Morgan fingerprint density at radius 2 is 1.02 bits per heavy atom. The molecule has 0 bridgehead atoms. The highest BCUT2D eigenvalue weighted by atomic mass is 32.2. The van der Waals surface area contributed by atoms with Gasteiger partial charge in [0.15, 0.2) is 0 Å². The molecule has 0 aromatic heterocycles. The van der Waals surface area contributed by atoms with Gasteiger partial charge in [0, 0.05) is 13.1 Å². The Morgan fingerprint density at radius 1 is 0.682 bits per heavy atom. The number of carbonyl (C=O) groups excluding carboxylic acids is 2. The van der Waals surface area contributed by atoms with Crippen molar-refractivity contribution in [3.63, 3.8) is 0 Å². The van der Waals surface area contributed by atoms with E-state index in [1.54, 1.807) is 0 Å². The van der Waals surface area contributed by atoms with Gasteiger partial charge in [0.25, 0.3) is 20.2 Å². The van der Waals surface area contributed by atoms with Crippen LogP contribution < -0.4 is 0 Å². The smallest absolute Gasteiger partial charge is 0.410 e. The topological polar surface area (TPSA) is 146 Å². The van der Waals surface area contributed by atoms with Crippen molar-refractivity contribution in [1.82, 2.24) is 9.80 Å². The standard InChI is InChI=1S/2C14H18FNO5S/c2*1-22(18,19)21-13-7-8-16(9-12(13)15)14(17)20-10-11-5-3-2-4-6-11/h2*2-6,12-13H,7-10H2,1H3/t2*12-,13+/m10/s1. The molecule has 2 aliphatic heterocycles. The van der Waals surface area contributed by atoms with Crippen LogP contribution in [-0.4, -0.2) is 102 Å². The third-order valence-corrected chi connectivity index (χ3v) is 7.68. The lowest BCUT2D eigenvalue weighted by Crippen LogP contribution is -2.48. The lowest BCUT2D eigenvalue weighted by atomic mass is 10.1. The predicted molar refractivity (Wildman–Crippen MR) is 155 cm³/mol. The minimum absolute atomic E-state index is 0.106. The maximum Gasteiger partial charge on any atom is 0.410 e. The van der Waals surface area contributed by atoms with E-state index in [1.165, 1.54) is 9.80 Å². The molecule has 0 N–H and O–H groups in total. The summed E-state index contributed by atoms with van der Waals surface area (Å²) in [7, 11) is -7.43. The van der Waals surface area contributed by atoms with E-state index in [4.69, 9.17) is 9.47 Å². The van der Waals surface area contributed by atoms with Crippen molar-refractivity contribution >= 4 is 32.4 Å². The third kappa shape index (κ3) is 12.3. The van der Waals surface area contributed by atoms with Crippen molar-refractivity contribution < 1.29 is 53.0 Å². The summed E-state index contributed by atoms with van der Waals surface area (Å²) in [6.45, 7) is 0.108. The van der Waals surface area contributed by atoms with Crippen LogP contribution in [0.1, 0.15) is 24.0 Å². The second-order valence-corrected chi connectivity index (χ2v) is 13.5. The second kappa shape index (κ2) is 16.1. The zero-order valence-corrected chi connectivity index (χ0v) is 25.9. The Hall–Kier alpha value is -3.34. The van der Waals surface area contributed by atoms with Gasteiger partial charge < -0.3 is 19.3 Å². The monoisotopic (exact) mass is 662 g/mol. The Morgan fingerprint density at radius 3 is 1.32 bits per heavy atom. The highest BCUT2D eigenvalue weighted by Crippen LogP contribution is 2.21. The van der Waals surface area contributed by atoms with Crippen molar-refractivity contribution in [2.45, 2.75) is 50.6 Å². The number of carbonyl (C=O) groups is 2. The fourth-order valence-corrected chi connectivity index (χ4v) is 5.72. The van der Waals surface area contributed by atoms with Crippen LogP contribution in [0.25, 0.3) is 0 Å². The van der Waals surface area contributed by atoms with E-state index in [-0.39, 0.29) is 52.2 Å². The number of nitrogens with zero attached hydrogens (tertiary/aromatic N) is 2. The molecule has 2 aromatic rings. The molecule has 4 atom stereocenters. The van der Waals surface area contributed by atoms with Crippen molar-refractivity contribution in [1.29, 1.82) is 0 Å². The van der Waals surface area contributed by atoms with E-state index in [1.807, 2.05) is 60.7 Å². The van der Waals surface area contributed by atoms with Gasteiger partial charge in [-0.1, -0.05) is 60.7 Å². The first-order valence-corrected chi connectivity index (χ1v) is 17.3. The molecule has 12 nitrogen and oxygen atoms in total. The van der Waals surface area contributed by atoms with Gasteiger partial charge in [0.05, 0.1) is 25.6 Å². The molecule has 244 valence electrons. The summed E-state index contributed by atoms with van der Waals surface area (Å²) in [5, 5.41) is 0. The largest absolute Gasteiger partial charge is 0.445 e. The van der Waals surface area contributed by atoms with Crippen LogP contribution in [0.3, 0.4) is 0 Å². The molecule has 0 aliphatic carbocycles. The summed E-state index contributed by atoms with van der Waals surface area (Å²) in [6.07, 6.45) is -4.50. The first-order valence-electron chi connectivity index (χ1n) is 13.7. The van der Waals surface area contributed by atoms with Gasteiger partial charge >= 0.3 is 12.2 Å². The first kappa shape index (κ1) is 35.1. The van der Waals surface area contributed by atoms with Crippen molar-refractivity contribution in [3.8, 4) is 0 Å². The maximum absolute atomic E-state index is 13.9. The molecule has 0 unspecified atom stereocenters. The molecule has 2 aliphatic rings. The SMILES string of the molecule is CS(=O)(=O)O[C@@H]1CCN(C(=O)OCc2ccccc2)C[C@@H]1F.CS(=O)(=O)O[C@H]1CCN(C(=O)OCc2ccccc2)C[C@H]1F. The van der Waals surface area contributed by atoms with Gasteiger partial charge in [0.2, 0.25) is 0 Å². The van der Waals surface area contributed by atoms with Crippen molar-refractivity contribution in [2.24, 2.45) is 0 Å². The molecule has 2 amide bonds. The molecule has 2 heterocycles. The minimum atomic E-state index is -3.72. The molecule has 2 aromatic carbocycles. The fourth-order valence-electron chi connectivity index (χ4n) is 4.39. The van der Waals surface area contributed by atoms with Crippen LogP contribution in [0.4, 0.5) is 18.4 Å². The predicted octanol–water partition coefficient (Wildman–Crippen LogP) is 3.42. The fraction of sp³-hybridized carbons (Fsp3) is 0.500. The highest BCUT2D eigenvalue weighted by Gasteiger charge is 2.36. The van der Waals surface area contributed by atoms with Gasteiger partial charge in [-0.25, -0.2) is 18.4 Å². The van der Waals surface area contributed by atoms with Crippen LogP contribution in [0, 0.1) is 0 Å². The average Bonchev–Trinajstić information content (AvgIpc) is 2.97. The molecule has 16 heteroatoms. The van der Waals surface area contributed by atoms with E-state index in [0.717, 1.165) is 23.6 Å². The van der Waals surface area contributed by atoms with E-state index in [9.17, 15) is 35.2 Å². The lowest BCUT2D eigenvalue weighted by molar-refractivity contribution is 0.0177. The summed E-state index contributed by atoms with van der Waals surface area (Å²) in [6, 6.07) is 18.3. The number of likely N-dealkylation sites (tertiary alicyclic amines) is 2. The molecule has 2 saturated heterocycles.